The van der Waals surface area contributed by atoms with Gasteiger partial charge in [-0.15, -0.1) is 11.8 Å². The zero-order chi connectivity index (χ0) is 14.0. The van der Waals surface area contributed by atoms with E-state index in [-0.39, 0.29) is 13.0 Å². The van der Waals surface area contributed by atoms with Gasteiger partial charge in [-0.2, -0.15) is 13.2 Å². The zero-order valence-electron chi connectivity index (χ0n) is 10.5. The summed E-state index contributed by atoms with van der Waals surface area (Å²) in [7, 11) is 0. The van der Waals surface area contributed by atoms with Crippen molar-refractivity contribution in [2.24, 2.45) is 0 Å². The van der Waals surface area contributed by atoms with E-state index < -0.39 is 11.4 Å². The van der Waals surface area contributed by atoms with Crippen LogP contribution in [0.25, 0.3) is 5.57 Å². The number of thioether (sulfide) groups is 1. The Bertz CT molecular complexity index is 476. The van der Waals surface area contributed by atoms with Gasteiger partial charge in [-0.25, -0.2) is 0 Å². The van der Waals surface area contributed by atoms with Gasteiger partial charge in [0, 0.05) is 4.91 Å². The summed E-state index contributed by atoms with van der Waals surface area (Å²) in [5.74, 6) is 0. The lowest BCUT2D eigenvalue weighted by Gasteiger charge is -2.13. The molecule has 0 spiro atoms. The second-order valence-corrected chi connectivity index (χ2v) is 5.76. The molecule has 1 aromatic rings. The molecule has 19 heavy (non-hydrogen) atoms. The minimum absolute atomic E-state index is 0.0600. The lowest BCUT2D eigenvalue weighted by Crippen LogP contribution is -2.23. The molecule has 1 atom stereocenters. The summed E-state index contributed by atoms with van der Waals surface area (Å²) in [4.78, 5) is 0.437. The Morgan fingerprint density at radius 1 is 1.26 bits per heavy atom. The summed E-state index contributed by atoms with van der Waals surface area (Å²) in [6.07, 6.45) is -3.39. The maximum atomic E-state index is 12.7. The van der Waals surface area contributed by atoms with Crippen LogP contribution in [-0.2, 0) is 6.42 Å². The van der Waals surface area contributed by atoms with Gasteiger partial charge in [0.1, 0.15) is 5.25 Å². The van der Waals surface area contributed by atoms with Crippen molar-refractivity contribution in [1.82, 2.24) is 0 Å². The Balaban J connectivity index is 2.26. The quantitative estimate of drug-likeness (QED) is 0.906. The second kappa shape index (κ2) is 5.59. The van der Waals surface area contributed by atoms with Gasteiger partial charge in [0.25, 0.3) is 0 Å². The number of aliphatic hydroxyl groups is 1. The molecule has 0 bridgehead atoms. The summed E-state index contributed by atoms with van der Waals surface area (Å²) in [5.41, 5.74) is 2.55. The molecule has 0 amide bonds. The Kier molecular flexibility index (Phi) is 4.26. The van der Waals surface area contributed by atoms with Crippen LogP contribution in [0.5, 0.6) is 0 Å². The van der Waals surface area contributed by atoms with E-state index in [9.17, 15) is 18.3 Å². The van der Waals surface area contributed by atoms with E-state index >= 15 is 0 Å². The molecule has 0 radical (unpaired) electrons. The van der Waals surface area contributed by atoms with Gasteiger partial charge in [0.15, 0.2) is 0 Å². The predicted octanol–water partition coefficient (Wildman–Crippen LogP) is 4.02. The minimum atomic E-state index is -4.23. The fraction of sp³-hybridized carbons (Fsp3) is 0.429. The van der Waals surface area contributed by atoms with Crippen LogP contribution in [-0.4, -0.2) is 23.1 Å². The third-order valence-electron chi connectivity index (χ3n) is 3.23. The molecule has 1 unspecified atom stereocenters. The average Bonchev–Trinajstić information content (AvgIpc) is 2.83. The molecule has 0 aromatic heterocycles. The standard InChI is InChI=1S/C14H15F3OS/c1-2-9-3-5-10(6-4-9)11-7-13(14(15,16)17)19-12(11)8-18/h3-6,13,18H,2,7-8H2,1H3. The highest BCUT2D eigenvalue weighted by Gasteiger charge is 2.44. The van der Waals surface area contributed by atoms with Crippen LogP contribution in [0.1, 0.15) is 24.5 Å². The van der Waals surface area contributed by atoms with Crippen LogP contribution < -0.4 is 0 Å². The van der Waals surface area contributed by atoms with Crippen LogP contribution in [0.4, 0.5) is 13.2 Å². The van der Waals surface area contributed by atoms with Gasteiger partial charge in [0.2, 0.25) is 0 Å². The van der Waals surface area contributed by atoms with Gasteiger partial charge >= 0.3 is 6.18 Å². The maximum Gasteiger partial charge on any atom is 0.401 e. The van der Waals surface area contributed by atoms with E-state index in [2.05, 4.69) is 0 Å². The lowest BCUT2D eigenvalue weighted by atomic mass is 9.99. The van der Waals surface area contributed by atoms with Crippen LogP contribution in [0.3, 0.4) is 0 Å². The minimum Gasteiger partial charge on any atom is -0.391 e. The largest absolute Gasteiger partial charge is 0.401 e. The van der Waals surface area contributed by atoms with Crippen molar-refractivity contribution < 1.29 is 18.3 Å². The molecule has 0 saturated heterocycles. The number of benzene rings is 1. The molecule has 1 heterocycles. The van der Waals surface area contributed by atoms with Crippen LogP contribution in [0.15, 0.2) is 29.2 Å². The molecular formula is C14H15F3OS. The number of halogens is 3. The van der Waals surface area contributed by atoms with Crippen molar-refractivity contribution in [3.8, 4) is 0 Å². The molecule has 1 aliphatic rings. The van der Waals surface area contributed by atoms with Crippen LogP contribution in [0.2, 0.25) is 0 Å². The molecule has 2 rings (SSSR count). The highest BCUT2D eigenvalue weighted by molar-refractivity contribution is 8.04. The number of alkyl halides is 3. The highest BCUT2D eigenvalue weighted by Crippen LogP contribution is 2.48. The molecule has 1 aromatic carbocycles. The summed E-state index contributed by atoms with van der Waals surface area (Å²) in [6, 6.07) is 7.51. The van der Waals surface area contributed by atoms with Gasteiger partial charge in [0.05, 0.1) is 6.61 Å². The first-order chi connectivity index (χ1) is 8.95. The van der Waals surface area contributed by atoms with Crippen molar-refractivity contribution in [3.05, 3.63) is 40.3 Å². The SMILES string of the molecule is CCc1ccc(C2=C(CO)SC(C(F)(F)F)C2)cc1. The van der Waals surface area contributed by atoms with Gasteiger partial charge in [-0.3, -0.25) is 0 Å². The molecule has 104 valence electrons. The summed E-state index contributed by atoms with van der Waals surface area (Å²) in [6.45, 7) is 1.70. The fourth-order valence-electron chi connectivity index (χ4n) is 2.12. The molecule has 0 fully saturated rings. The van der Waals surface area contributed by atoms with Gasteiger partial charge in [-0.05, 0) is 29.5 Å². The van der Waals surface area contributed by atoms with E-state index in [1.54, 1.807) is 0 Å². The van der Waals surface area contributed by atoms with E-state index in [4.69, 9.17) is 0 Å². The van der Waals surface area contributed by atoms with Crippen LogP contribution >= 0.6 is 11.8 Å². The third-order valence-corrected chi connectivity index (χ3v) is 4.61. The highest BCUT2D eigenvalue weighted by atomic mass is 32.2. The molecule has 5 heteroatoms. The number of hydrogen-bond donors (Lipinski definition) is 1. The molecule has 0 saturated carbocycles. The van der Waals surface area contributed by atoms with E-state index in [0.29, 0.717) is 10.5 Å². The molecule has 1 nitrogen and oxygen atoms in total. The smallest absolute Gasteiger partial charge is 0.391 e. The monoisotopic (exact) mass is 288 g/mol. The third kappa shape index (κ3) is 3.15. The van der Waals surface area contributed by atoms with Crippen molar-refractivity contribution in [3.63, 3.8) is 0 Å². The Morgan fingerprint density at radius 3 is 2.37 bits per heavy atom. The lowest BCUT2D eigenvalue weighted by molar-refractivity contribution is -0.127. The van der Waals surface area contributed by atoms with E-state index in [1.807, 2.05) is 31.2 Å². The second-order valence-electron chi connectivity index (χ2n) is 4.46. The van der Waals surface area contributed by atoms with Crippen molar-refractivity contribution in [1.29, 1.82) is 0 Å². The van der Waals surface area contributed by atoms with E-state index in [0.717, 1.165) is 29.3 Å². The maximum absolute atomic E-state index is 12.7. The number of hydrogen-bond acceptors (Lipinski definition) is 2. The zero-order valence-corrected chi connectivity index (χ0v) is 11.3. The predicted molar refractivity (Wildman–Crippen MR) is 71.9 cm³/mol. The van der Waals surface area contributed by atoms with Gasteiger partial charge < -0.3 is 5.11 Å². The number of aryl methyl sites for hydroxylation is 1. The van der Waals surface area contributed by atoms with Crippen molar-refractivity contribution in [2.45, 2.75) is 31.2 Å². The first kappa shape index (κ1) is 14.5. The first-order valence-electron chi connectivity index (χ1n) is 6.11. The average molecular weight is 288 g/mol. The Morgan fingerprint density at radius 2 is 1.89 bits per heavy atom. The fourth-order valence-corrected chi connectivity index (χ4v) is 3.26. The summed E-state index contributed by atoms with van der Waals surface area (Å²) >= 11 is 0.735. The normalized spacial score (nSPS) is 20.2. The number of rotatable bonds is 3. The number of allylic oxidation sites excluding steroid dienone is 1. The topological polar surface area (TPSA) is 20.2 Å². The summed E-state index contributed by atoms with van der Waals surface area (Å²) in [5, 5.41) is 7.80. The van der Waals surface area contributed by atoms with Gasteiger partial charge in [-0.1, -0.05) is 31.2 Å². The Labute approximate surface area is 114 Å². The molecule has 1 N–H and O–H groups in total. The van der Waals surface area contributed by atoms with Crippen molar-refractivity contribution in [2.75, 3.05) is 6.61 Å². The molecular weight excluding hydrogens is 273 g/mol. The van der Waals surface area contributed by atoms with Crippen molar-refractivity contribution >= 4 is 17.3 Å². The molecule has 0 aliphatic carbocycles. The Hall–Kier alpha value is -0.940. The first-order valence-corrected chi connectivity index (χ1v) is 6.99. The summed E-state index contributed by atoms with van der Waals surface area (Å²) < 4.78 is 38.2. The molecule has 1 aliphatic heterocycles. The van der Waals surface area contributed by atoms with Crippen LogP contribution in [0, 0.1) is 0 Å². The number of aliphatic hydroxyl groups excluding tert-OH is 1. The van der Waals surface area contributed by atoms with E-state index in [1.165, 1.54) is 0 Å².